The van der Waals surface area contributed by atoms with Gasteiger partial charge in [-0.1, -0.05) is 0 Å². The molecule has 52 valence electrons. The monoisotopic (exact) mass is 148 g/mol. The first-order valence-corrected chi connectivity index (χ1v) is 3.30. The second kappa shape index (κ2) is 5.76. The fourth-order valence-electron chi connectivity index (χ4n) is 0.769. The number of halogens is 1. The van der Waals surface area contributed by atoms with E-state index in [-0.39, 0.29) is 5.75 Å². The van der Waals surface area contributed by atoms with Crippen molar-refractivity contribution in [2.75, 3.05) is 0 Å². The molecule has 0 unspecified atom stereocenters. The smallest absolute Gasteiger partial charge is 0.208 e. The van der Waals surface area contributed by atoms with Gasteiger partial charge in [0.05, 0.1) is 0 Å². The molecule has 2 nitrogen and oxygen atoms in total. The van der Waals surface area contributed by atoms with Crippen LogP contribution in [0.1, 0.15) is 25.7 Å². The quantitative estimate of drug-likeness (QED) is 0.386. The first-order valence-electron chi connectivity index (χ1n) is 2.87. The Hall–Kier alpha value is -0.370. The molecule has 0 amide bonds. The molecule has 1 saturated carbocycles. The normalized spacial score (nSPS) is 16.3. The zero-order valence-corrected chi connectivity index (χ0v) is 5.86. The molecular weight excluding hydrogens is 140 g/mol. The predicted octanol–water partition coefficient (Wildman–Crippen LogP) is 1.54. The number of hydrogen-bond acceptors (Lipinski definition) is 2. The Labute approximate surface area is 59.2 Å². The van der Waals surface area contributed by atoms with Crippen LogP contribution in [0.25, 0.3) is 0 Å². The molecule has 3 heteroatoms. The second-order valence-electron chi connectivity index (χ2n) is 1.83. The van der Waals surface area contributed by atoms with Gasteiger partial charge in [0, 0.05) is 12.8 Å². The van der Waals surface area contributed by atoms with Crippen molar-refractivity contribution in [1.29, 1.82) is 0 Å². The summed E-state index contributed by atoms with van der Waals surface area (Å²) in [4.78, 5) is 18.8. The molecule has 0 radical (unpaired) electrons. The van der Waals surface area contributed by atoms with Crippen molar-refractivity contribution in [2.24, 2.45) is 0 Å². The summed E-state index contributed by atoms with van der Waals surface area (Å²) in [6.45, 7) is 0. The minimum Gasteiger partial charge on any atom is -0.300 e. The fourth-order valence-corrected chi connectivity index (χ4v) is 0.769. The van der Waals surface area contributed by atoms with Crippen molar-refractivity contribution < 1.29 is 9.59 Å². The zero-order valence-electron chi connectivity index (χ0n) is 5.10. The largest absolute Gasteiger partial charge is 0.300 e. The van der Waals surface area contributed by atoms with E-state index in [2.05, 4.69) is 11.6 Å². The van der Waals surface area contributed by atoms with Crippen molar-refractivity contribution in [3.05, 3.63) is 0 Å². The van der Waals surface area contributed by atoms with Gasteiger partial charge in [0.25, 0.3) is 0 Å². The maximum atomic E-state index is 10.2. The van der Waals surface area contributed by atoms with Crippen LogP contribution in [0.4, 0.5) is 0 Å². The zero-order chi connectivity index (χ0) is 7.11. The highest BCUT2D eigenvalue weighted by Crippen LogP contribution is 2.11. The molecule has 0 bridgehead atoms. The van der Waals surface area contributed by atoms with E-state index in [1.807, 2.05) is 0 Å². The Kier molecular flexibility index (Phi) is 5.52. The molecule has 9 heavy (non-hydrogen) atoms. The van der Waals surface area contributed by atoms with Gasteiger partial charge in [-0.15, -0.1) is 0 Å². The summed E-state index contributed by atoms with van der Waals surface area (Å²) in [5.74, 6) is 0.676. The van der Waals surface area contributed by atoms with E-state index < -0.39 is 0 Å². The van der Waals surface area contributed by atoms with Gasteiger partial charge in [-0.3, -0.25) is 9.59 Å². The van der Waals surface area contributed by atoms with Crippen molar-refractivity contribution in [1.82, 2.24) is 0 Å². The Balaban J connectivity index is 0.000000187. The van der Waals surface area contributed by atoms with Crippen LogP contribution in [0, 0.1) is 0 Å². The van der Waals surface area contributed by atoms with Crippen LogP contribution in [0.3, 0.4) is 0 Å². The van der Waals surface area contributed by atoms with Gasteiger partial charge in [-0.2, -0.15) is 0 Å². The summed E-state index contributed by atoms with van der Waals surface area (Å²) in [7, 11) is 0. The highest BCUT2D eigenvalue weighted by atomic mass is 35.5. The maximum Gasteiger partial charge on any atom is 0.208 e. The fraction of sp³-hybridized carbons (Fsp3) is 0.667. The average molecular weight is 149 g/mol. The van der Waals surface area contributed by atoms with Gasteiger partial charge in [0.2, 0.25) is 5.75 Å². The third-order valence-electron chi connectivity index (χ3n) is 1.16. The lowest BCUT2D eigenvalue weighted by Crippen LogP contribution is -1.81. The van der Waals surface area contributed by atoms with Gasteiger partial charge in [-0.25, -0.2) is 0 Å². The lowest BCUT2D eigenvalue weighted by molar-refractivity contribution is -0.117. The summed E-state index contributed by atoms with van der Waals surface area (Å²) in [6, 6.07) is 0. The molecule has 0 saturated heterocycles. The molecule has 1 fully saturated rings. The number of ketones is 1. The molecule has 0 aromatic carbocycles. The summed E-state index contributed by atoms with van der Waals surface area (Å²) >= 11 is 4.32. The van der Waals surface area contributed by atoms with E-state index in [4.69, 9.17) is 4.79 Å². The molecule has 0 atom stereocenters. The molecule has 0 N–H and O–H groups in total. The van der Waals surface area contributed by atoms with Crippen molar-refractivity contribution in [3.8, 4) is 0 Å². The number of rotatable bonds is 0. The van der Waals surface area contributed by atoms with Crippen LogP contribution in [-0.2, 0) is 9.59 Å². The standard InChI is InChI=1S/C5H8O.CHClO/c6-5-3-1-2-4-5;2-1-3/h1-4H2;1H. The van der Waals surface area contributed by atoms with Crippen LogP contribution in [0.2, 0.25) is 0 Å². The molecule has 1 rings (SSSR count). The van der Waals surface area contributed by atoms with Crippen LogP contribution >= 0.6 is 11.6 Å². The second-order valence-corrected chi connectivity index (χ2v) is 2.01. The van der Waals surface area contributed by atoms with E-state index >= 15 is 0 Å². The molecular formula is C6H9ClO2. The summed E-state index contributed by atoms with van der Waals surface area (Å²) in [5.41, 5.74) is 0. The van der Waals surface area contributed by atoms with Crippen LogP contribution in [-0.4, -0.2) is 11.5 Å². The van der Waals surface area contributed by atoms with Gasteiger partial charge in [0.1, 0.15) is 5.78 Å². The highest BCUT2D eigenvalue weighted by molar-refractivity contribution is 6.54. The number of carbonyl (C=O) groups is 2. The molecule has 0 aromatic rings. The number of carbonyl (C=O) groups excluding carboxylic acids is 2. The molecule has 0 aliphatic heterocycles. The van der Waals surface area contributed by atoms with E-state index in [0.717, 1.165) is 25.7 Å². The topological polar surface area (TPSA) is 34.1 Å². The van der Waals surface area contributed by atoms with Crippen molar-refractivity contribution in [3.63, 3.8) is 0 Å². The Morgan fingerprint density at radius 2 is 1.67 bits per heavy atom. The third kappa shape index (κ3) is 5.50. The van der Waals surface area contributed by atoms with E-state index in [1.165, 1.54) is 0 Å². The van der Waals surface area contributed by atoms with E-state index in [1.54, 1.807) is 0 Å². The lowest BCUT2D eigenvalue weighted by atomic mass is 10.4. The van der Waals surface area contributed by atoms with Gasteiger partial charge in [-0.05, 0) is 24.4 Å². The van der Waals surface area contributed by atoms with E-state index in [9.17, 15) is 4.79 Å². The molecule has 0 heterocycles. The molecule has 1 aliphatic carbocycles. The Bertz CT molecular complexity index is 93.2. The summed E-state index contributed by atoms with van der Waals surface area (Å²) < 4.78 is 0. The maximum absolute atomic E-state index is 10.2. The van der Waals surface area contributed by atoms with Gasteiger partial charge < -0.3 is 0 Å². The van der Waals surface area contributed by atoms with E-state index in [0.29, 0.717) is 5.78 Å². The first kappa shape index (κ1) is 8.63. The van der Waals surface area contributed by atoms with Gasteiger partial charge in [0.15, 0.2) is 0 Å². The van der Waals surface area contributed by atoms with Crippen LogP contribution < -0.4 is 0 Å². The van der Waals surface area contributed by atoms with Crippen molar-refractivity contribution in [2.45, 2.75) is 25.7 Å². The summed E-state index contributed by atoms with van der Waals surface area (Å²) in [5, 5.41) is 0. The van der Waals surface area contributed by atoms with Crippen LogP contribution in [0.15, 0.2) is 0 Å². The molecule has 1 aliphatic rings. The number of hydrogen-bond donors (Lipinski definition) is 0. The minimum absolute atomic E-state index is 0.222. The lowest BCUT2D eigenvalue weighted by Gasteiger charge is -1.71. The summed E-state index contributed by atoms with van der Waals surface area (Å²) in [6.07, 6.45) is 3.97. The Morgan fingerprint density at radius 1 is 1.33 bits per heavy atom. The molecule has 0 aromatic heterocycles. The van der Waals surface area contributed by atoms with Gasteiger partial charge >= 0.3 is 0 Å². The highest BCUT2D eigenvalue weighted by Gasteiger charge is 2.07. The average Bonchev–Trinajstić information content (AvgIpc) is 2.20. The minimum atomic E-state index is 0.222. The number of Topliss-reactive ketones (excluding diaryl/α,β-unsaturated/α-hetero) is 1. The predicted molar refractivity (Wildman–Crippen MR) is 36.1 cm³/mol. The third-order valence-corrected chi connectivity index (χ3v) is 1.16. The van der Waals surface area contributed by atoms with Crippen LogP contribution in [0.5, 0.6) is 0 Å². The Morgan fingerprint density at radius 3 is 1.78 bits per heavy atom. The first-order chi connectivity index (χ1) is 4.31. The SMILES string of the molecule is O=C1CCCC1.O=CCl. The molecule has 0 spiro atoms. The van der Waals surface area contributed by atoms with Crippen molar-refractivity contribution >= 4 is 23.1 Å².